The predicted octanol–water partition coefficient (Wildman–Crippen LogP) is 1.30. The zero-order chi connectivity index (χ0) is 15.4. The highest BCUT2D eigenvalue weighted by Crippen LogP contribution is 2.08. The molecule has 0 spiro atoms. The number of aromatic amines is 1. The SMILES string of the molecule is O=c1[nH]c2cnccc2n1C[C@@H](O)COCc1ccccc1. The number of rotatable bonds is 6. The molecule has 2 N–H and O–H groups in total. The van der Waals surface area contributed by atoms with E-state index in [-0.39, 0.29) is 18.8 Å². The third-order valence-corrected chi connectivity index (χ3v) is 3.39. The van der Waals surface area contributed by atoms with Crippen molar-refractivity contribution < 1.29 is 9.84 Å². The smallest absolute Gasteiger partial charge is 0.326 e. The second-order valence-electron chi connectivity index (χ2n) is 5.09. The first-order chi connectivity index (χ1) is 10.7. The van der Waals surface area contributed by atoms with Crippen LogP contribution >= 0.6 is 0 Å². The Morgan fingerprint density at radius 2 is 2.09 bits per heavy atom. The number of ether oxygens (including phenoxy) is 1. The average Bonchev–Trinajstić information content (AvgIpc) is 2.84. The molecule has 6 heteroatoms. The highest BCUT2D eigenvalue weighted by Gasteiger charge is 2.11. The lowest BCUT2D eigenvalue weighted by Crippen LogP contribution is -2.27. The van der Waals surface area contributed by atoms with E-state index in [0.29, 0.717) is 12.1 Å². The van der Waals surface area contributed by atoms with E-state index in [2.05, 4.69) is 9.97 Å². The van der Waals surface area contributed by atoms with Gasteiger partial charge in [0.25, 0.3) is 0 Å². The number of benzene rings is 1. The van der Waals surface area contributed by atoms with Gasteiger partial charge in [0, 0.05) is 6.20 Å². The van der Waals surface area contributed by atoms with E-state index in [9.17, 15) is 9.90 Å². The summed E-state index contributed by atoms with van der Waals surface area (Å²) in [5.74, 6) is 0. The lowest BCUT2D eigenvalue weighted by Gasteiger charge is -2.12. The summed E-state index contributed by atoms with van der Waals surface area (Å²) in [5.41, 5.74) is 2.17. The van der Waals surface area contributed by atoms with Crippen LogP contribution in [0.5, 0.6) is 0 Å². The van der Waals surface area contributed by atoms with Gasteiger partial charge in [-0.05, 0) is 11.6 Å². The number of H-pyrrole nitrogens is 1. The minimum absolute atomic E-state index is 0.166. The first-order valence-electron chi connectivity index (χ1n) is 7.06. The topological polar surface area (TPSA) is 80.1 Å². The molecule has 0 aliphatic heterocycles. The Labute approximate surface area is 127 Å². The molecule has 0 saturated carbocycles. The lowest BCUT2D eigenvalue weighted by molar-refractivity contribution is 0.0205. The summed E-state index contributed by atoms with van der Waals surface area (Å²) in [6, 6.07) is 11.5. The fraction of sp³-hybridized carbons (Fsp3) is 0.250. The molecular weight excluding hydrogens is 282 g/mol. The maximum absolute atomic E-state index is 11.9. The average molecular weight is 299 g/mol. The van der Waals surface area contributed by atoms with Crippen molar-refractivity contribution in [3.8, 4) is 0 Å². The molecule has 1 atom stereocenters. The number of aliphatic hydroxyl groups excluding tert-OH is 1. The van der Waals surface area contributed by atoms with E-state index in [0.717, 1.165) is 11.1 Å². The zero-order valence-electron chi connectivity index (χ0n) is 12.0. The molecule has 22 heavy (non-hydrogen) atoms. The number of hydrogen-bond donors (Lipinski definition) is 2. The van der Waals surface area contributed by atoms with Crippen LogP contribution in [0, 0.1) is 0 Å². The van der Waals surface area contributed by atoms with Gasteiger partial charge >= 0.3 is 5.69 Å². The molecule has 2 heterocycles. The molecule has 0 amide bonds. The van der Waals surface area contributed by atoms with E-state index in [1.807, 2.05) is 30.3 Å². The van der Waals surface area contributed by atoms with Crippen molar-refractivity contribution >= 4 is 11.0 Å². The van der Waals surface area contributed by atoms with Gasteiger partial charge in [-0.3, -0.25) is 9.55 Å². The zero-order valence-corrected chi connectivity index (χ0v) is 12.0. The van der Waals surface area contributed by atoms with Gasteiger partial charge in [0.1, 0.15) is 0 Å². The fourth-order valence-electron chi connectivity index (χ4n) is 2.34. The summed E-state index contributed by atoms with van der Waals surface area (Å²) in [5, 5.41) is 10.1. The van der Waals surface area contributed by atoms with Gasteiger partial charge in [-0.2, -0.15) is 0 Å². The summed E-state index contributed by atoms with van der Waals surface area (Å²) in [6.45, 7) is 0.779. The Kier molecular flexibility index (Phi) is 4.32. The first kappa shape index (κ1) is 14.5. The Hall–Kier alpha value is -2.44. The highest BCUT2D eigenvalue weighted by atomic mass is 16.5. The number of aliphatic hydroxyl groups is 1. The third-order valence-electron chi connectivity index (χ3n) is 3.39. The third kappa shape index (κ3) is 3.24. The molecule has 0 bridgehead atoms. The molecule has 114 valence electrons. The molecule has 1 aromatic carbocycles. The fourth-order valence-corrected chi connectivity index (χ4v) is 2.34. The van der Waals surface area contributed by atoms with Crippen molar-refractivity contribution in [2.75, 3.05) is 6.61 Å². The van der Waals surface area contributed by atoms with Gasteiger partial charge in [0.2, 0.25) is 0 Å². The standard InChI is InChI=1S/C16H17N3O3/c20-13(11-22-10-12-4-2-1-3-5-12)9-19-15-6-7-17-8-14(15)18-16(19)21/h1-8,13,20H,9-11H2,(H,18,21)/t13-/m1/s1. The first-order valence-corrected chi connectivity index (χ1v) is 7.06. The highest BCUT2D eigenvalue weighted by molar-refractivity contribution is 5.73. The molecule has 0 radical (unpaired) electrons. The van der Waals surface area contributed by atoms with Gasteiger partial charge in [-0.25, -0.2) is 4.79 Å². The molecule has 0 aliphatic carbocycles. The van der Waals surface area contributed by atoms with Crippen LogP contribution in [0.4, 0.5) is 0 Å². The van der Waals surface area contributed by atoms with Crippen molar-refractivity contribution in [3.63, 3.8) is 0 Å². The van der Waals surface area contributed by atoms with Crippen LogP contribution in [-0.4, -0.2) is 32.4 Å². The van der Waals surface area contributed by atoms with Gasteiger partial charge in [0.15, 0.2) is 0 Å². The van der Waals surface area contributed by atoms with Crippen LogP contribution < -0.4 is 5.69 Å². The summed E-state index contributed by atoms with van der Waals surface area (Å²) in [7, 11) is 0. The van der Waals surface area contributed by atoms with Crippen LogP contribution in [-0.2, 0) is 17.9 Å². The maximum atomic E-state index is 11.9. The summed E-state index contributed by atoms with van der Waals surface area (Å²) in [6.07, 6.45) is 2.45. The second-order valence-corrected chi connectivity index (χ2v) is 5.09. The maximum Gasteiger partial charge on any atom is 0.326 e. The van der Waals surface area contributed by atoms with E-state index in [1.54, 1.807) is 18.5 Å². The lowest BCUT2D eigenvalue weighted by atomic mass is 10.2. The largest absolute Gasteiger partial charge is 0.389 e. The Morgan fingerprint density at radius 1 is 1.27 bits per heavy atom. The number of hydrogen-bond acceptors (Lipinski definition) is 4. The van der Waals surface area contributed by atoms with Crippen molar-refractivity contribution in [1.29, 1.82) is 0 Å². The summed E-state index contributed by atoms with van der Waals surface area (Å²) < 4.78 is 6.99. The molecule has 0 saturated heterocycles. The molecule has 0 fully saturated rings. The minimum atomic E-state index is -0.756. The Morgan fingerprint density at radius 3 is 2.91 bits per heavy atom. The molecule has 2 aromatic heterocycles. The predicted molar refractivity (Wildman–Crippen MR) is 82.5 cm³/mol. The van der Waals surface area contributed by atoms with E-state index < -0.39 is 6.10 Å². The monoisotopic (exact) mass is 299 g/mol. The quantitative estimate of drug-likeness (QED) is 0.719. The number of aromatic nitrogens is 3. The minimum Gasteiger partial charge on any atom is -0.389 e. The van der Waals surface area contributed by atoms with E-state index in [4.69, 9.17) is 4.74 Å². The normalized spacial score (nSPS) is 12.6. The van der Waals surface area contributed by atoms with Gasteiger partial charge in [0.05, 0.1) is 43.1 Å². The van der Waals surface area contributed by atoms with Gasteiger partial charge < -0.3 is 14.8 Å². The van der Waals surface area contributed by atoms with Crippen LogP contribution in [0.2, 0.25) is 0 Å². The number of nitrogens with zero attached hydrogens (tertiary/aromatic N) is 2. The van der Waals surface area contributed by atoms with E-state index >= 15 is 0 Å². The Bertz CT molecular complexity index is 795. The van der Waals surface area contributed by atoms with Crippen LogP contribution in [0.15, 0.2) is 53.6 Å². The van der Waals surface area contributed by atoms with Crippen molar-refractivity contribution in [2.45, 2.75) is 19.3 Å². The van der Waals surface area contributed by atoms with Crippen molar-refractivity contribution in [1.82, 2.24) is 14.5 Å². The van der Waals surface area contributed by atoms with Gasteiger partial charge in [-0.1, -0.05) is 30.3 Å². The molecule has 3 rings (SSSR count). The molecule has 0 aliphatic rings. The van der Waals surface area contributed by atoms with Crippen molar-refractivity contribution in [3.05, 3.63) is 64.8 Å². The van der Waals surface area contributed by atoms with Crippen LogP contribution in [0.3, 0.4) is 0 Å². The molecule has 6 nitrogen and oxygen atoms in total. The van der Waals surface area contributed by atoms with E-state index in [1.165, 1.54) is 4.57 Å². The number of nitrogens with one attached hydrogen (secondary N) is 1. The molecular formula is C16H17N3O3. The number of fused-ring (bicyclic) bond motifs is 1. The molecule has 0 unspecified atom stereocenters. The summed E-state index contributed by atoms with van der Waals surface area (Å²) in [4.78, 5) is 18.6. The number of imidazole rings is 1. The molecule has 3 aromatic rings. The van der Waals surface area contributed by atoms with Gasteiger partial charge in [-0.15, -0.1) is 0 Å². The Balaban J connectivity index is 1.60. The van der Waals surface area contributed by atoms with Crippen molar-refractivity contribution in [2.24, 2.45) is 0 Å². The second kappa shape index (κ2) is 6.55. The summed E-state index contributed by atoms with van der Waals surface area (Å²) >= 11 is 0. The van der Waals surface area contributed by atoms with Crippen LogP contribution in [0.25, 0.3) is 11.0 Å². The number of pyridine rings is 1. The van der Waals surface area contributed by atoms with Crippen LogP contribution in [0.1, 0.15) is 5.56 Å².